The van der Waals surface area contributed by atoms with Gasteiger partial charge in [0, 0.05) is 146 Å². The molecule has 4 atom stereocenters. The number of piperidine rings is 4. The van der Waals surface area contributed by atoms with Crippen LogP contribution in [-0.4, -0.2) is 139 Å². The summed E-state index contributed by atoms with van der Waals surface area (Å²) in [6.45, 7) is 15.3. The van der Waals surface area contributed by atoms with Gasteiger partial charge in [0.2, 0.25) is 23.8 Å². The topological polar surface area (TPSA) is 197 Å². The van der Waals surface area contributed by atoms with Gasteiger partial charge in [-0.15, -0.1) is 0 Å². The molecule has 0 radical (unpaired) electrons. The second-order valence-electron chi connectivity index (χ2n) is 25.3. The summed E-state index contributed by atoms with van der Waals surface area (Å²) in [6, 6.07) is 24.9. The largest absolute Gasteiger partial charge is 0.395 e. The van der Waals surface area contributed by atoms with Crippen LogP contribution in [0.1, 0.15) is 164 Å². The van der Waals surface area contributed by atoms with Gasteiger partial charge in [-0.1, -0.05) is 63.4 Å². The molecule has 16 nitrogen and oxygen atoms in total. The summed E-state index contributed by atoms with van der Waals surface area (Å²) in [6.07, 6.45) is 28.7. The molecule has 0 spiro atoms. The Morgan fingerprint density at radius 3 is 0.553 bits per heavy atom. The lowest BCUT2D eigenvalue weighted by Crippen LogP contribution is -2.32. The average molecular weight is 1290 g/mol. The van der Waals surface area contributed by atoms with Gasteiger partial charge < -0.3 is 40.0 Å². The van der Waals surface area contributed by atoms with Crippen molar-refractivity contribution in [1.82, 2.24) is 39.9 Å². The van der Waals surface area contributed by atoms with E-state index in [1.807, 2.05) is 27.7 Å². The first kappa shape index (κ1) is 73.4. The van der Waals surface area contributed by atoms with Gasteiger partial charge in [0.25, 0.3) is 0 Å². The van der Waals surface area contributed by atoms with E-state index in [0.29, 0.717) is 0 Å². The Hall–Kier alpha value is -8.04. The lowest BCUT2D eigenvalue weighted by atomic mass is 9.78. The molecule has 2 unspecified atom stereocenters. The third kappa shape index (κ3) is 17.8. The highest BCUT2D eigenvalue weighted by molar-refractivity contribution is 5.44. The van der Waals surface area contributed by atoms with Crippen molar-refractivity contribution in [1.29, 1.82) is 0 Å². The monoisotopic (exact) mass is 1290 g/mol. The first-order valence-corrected chi connectivity index (χ1v) is 32.3. The highest BCUT2D eigenvalue weighted by atomic mass is 19.1. The van der Waals surface area contributed by atoms with Crippen molar-refractivity contribution in [3.05, 3.63) is 214 Å². The van der Waals surface area contributed by atoms with E-state index >= 15 is 0 Å². The maximum Gasteiger partial charge on any atom is 0.225 e. The van der Waals surface area contributed by atoms with Gasteiger partial charge in [-0.05, 0) is 176 Å². The molecule has 4 saturated heterocycles. The van der Waals surface area contributed by atoms with Gasteiger partial charge in [0.1, 0.15) is 23.3 Å². The van der Waals surface area contributed by atoms with Crippen LogP contribution in [0.25, 0.3) is 0 Å². The van der Waals surface area contributed by atoms with Crippen LogP contribution in [0.2, 0.25) is 0 Å². The predicted molar refractivity (Wildman–Crippen MR) is 366 cm³/mol. The highest BCUT2D eigenvalue weighted by Crippen LogP contribution is 2.36. The average Bonchev–Trinajstić information content (AvgIpc) is 0.831. The standard InChI is InChI=1S/4C18H22FN3O.2CH4/c4*1-18(13-23,14-5-7-16(19)8-6-14)15-11-20-17(21-12-15)22-9-3-2-4-10-22;;/h4*5-8,11-12,23H,2-4,9-10,13H2,1H3;2*1H4/t2*18-;;;;/m10..../s1. The predicted octanol–water partition coefficient (Wildman–Crippen LogP) is 12.9. The Labute approximate surface area is 553 Å². The molecule has 8 aromatic rings. The molecule has 8 heterocycles. The molecule has 0 bridgehead atoms. The fraction of sp³-hybridized carbons (Fsp3) is 0.459. The highest BCUT2D eigenvalue weighted by Gasteiger charge is 2.34. The van der Waals surface area contributed by atoms with Crippen LogP contribution in [0.4, 0.5) is 41.4 Å². The molecule has 4 aliphatic rings. The summed E-state index contributed by atoms with van der Waals surface area (Å²) in [4.78, 5) is 44.7. The summed E-state index contributed by atoms with van der Waals surface area (Å²) in [7, 11) is 0. The minimum atomic E-state index is -0.645. The fourth-order valence-corrected chi connectivity index (χ4v) is 12.1. The van der Waals surface area contributed by atoms with E-state index in [4.69, 9.17) is 0 Å². The van der Waals surface area contributed by atoms with Gasteiger partial charge in [0.05, 0.1) is 26.4 Å². The zero-order valence-electron chi connectivity index (χ0n) is 53.5. The Morgan fingerprint density at radius 1 is 0.266 bits per heavy atom. The number of rotatable bonds is 16. The normalized spacial score (nSPS) is 17.4. The number of hydrogen-bond acceptors (Lipinski definition) is 16. The van der Waals surface area contributed by atoms with Crippen LogP contribution in [0.3, 0.4) is 0 Å². The van der Waals surface area contributed by atoms with Gasteiger partial charge in [-0.2, -0.15) is 0 Å². The third-order valence-corrected chi connectivity index (χ3v) is 18.8. The number of benzene rings is 4. The van der Waals surface area contributed by atoms with Crippen LogP contribution in [-0.2, 0) is 21.7 Å². The van der Waals surface area contributed by atoms with Gasteiger partial charge in [0.15, 0.2) is 0 Å². The van der Waals surface area contributed by atoms with Crippen molar-refractivity contribution in [2.75, 3.05) is 98.4 Å². The van der Waals surface area contributed by atoms with Crippen molar-refractivity contribution in [3.63, 3.8) is 0 Å². The zero-order chi connectivity index (χ0) is 65.1. The number of aliphatic hydroxyl groups is 4. The first-order chi connectivity index (χ1) is 44.5. The molecule has 4 N–H and O–H groups in total. The van der Waals surface area contributed by atoms with E-state index in [-0.39, 0.29) is 64.5 Å². The molecule has 4 aliphatic heterocycles. The number of aliphatic hydroxyl groups excluding tert-OH is 4. The van der Waals surface area contributed by atoms with Crippen LogP contribution >= 0.6 is 0 Å². The summed E-state index contributed by atoms with van der Waals surface area (Å²) in [5.74, 6) is 1.83. The van der Waals surface area contributed by atoms with Crippen LogP contribution in [0, 0.1) is 23.3 Å². The SMILES string of the molecule is C.C.CC(CO)(c1ccc(F)cc1)c1cnc(N2CCCCC2)nc1.CC(CO)(c1ccc(F)cc1)c1cnc(N2CCCCC2)nc1.C[C@@](CO)(c1ccc(F)cc1)c1cnc(N2CCCCC2)nc1.C[C@](CO)(c1ccc(F)cc1)c1cnc(N2CCCCC2)nc1. The maximum absolute atomic E-state index is 13.1. The first-order valence-electron chi connectivity index (χ1n) is 32.3. The van der Waals surface area contributed by atoms with E-state index < -0.39 is 21.7 Å². The number of aromatic nitrogens is 8. The van der Waals surface area contributed by atoms with E-state index in [1.54, 1.807) is 98.1 Å². The molecule has 4 fully saturated rings. The third-order valence-electron chi connectivity index (χ3n) is 18.8. The van der Waals surface area contributed by atoms with Crippen molar-refractivity contribution >= 4 is 23.8 Å². The number of halogens is 4. The Bertz CT molecular complexity index is 3020. The molecule has 4 aromatic heterocycles. The maximum atomic E-state index is 13.1. The van der Waals surface area contributed by atoms with Crippen LogP contribution in [0.15, 0.2) is 147 Å². The van der Waals surface area contributed by atoms with Crippen molar-refractivity contribution < 1.29 is 38.0 Å². The lowest BCUT2D eigenvalue weighted by Gasteiger charge is -2.30. The molecular weight excluding hydrogens is 1200 g/mol. The second-order valence-corrected chi connectivity index (χ2v) is 25.3. The van der Waals surface area contributed by atoms with Crippen molar-refractivity contribution in [2.24, 2.45) is 0 Å². The van der Waals surface area contributed by atoms with Crippen LogP contribution in [0.5, 0.6) is 0 Å². The molecule has 12 rings (SSSR count). The summed E-state index contributed by atoms with van der Waals surface area (Å²) in [5.41, 5.74) is 4.10. The number of hydrogen-bond donors (Lipinski definition) is 4. The Morgan fingerprint density at radius 2 is 0.415 bits per heavy atom. The molecule has 4 aromatic carbocycles. The van der Waals surface area contributed by atoms with Crippen molar-refractivity contribution in [3.8, 4) is 0 Å². The molecule has 0 saturated carbocycles. The Kier molecular flexibility index (Phi) is 26.8. The van der Waals surface area contributed by atoms with Gasteiger partial charge in [-0.25, -0.2) is 57.4 Å². The van der Waals surface area contributed by atoms with Gasteiger partial charge in [-0.3, -0.25) is 0 Å². The molecule has 94 heavy (non-hydrogen) atoms. The van der Waals surface area contributed by atoms with E-state index in [9.17, 15) is 38.0 Å². The minimum Gasteiger partial charge on any atom is -0.395 e. The molecule has 504 valence electrons. The molecule has 0 amide bonds. The fourth-order valence-electron chi connectivity index (χ4n) is 12.1. The summed E-state index contributed by atoms with van der Waals surface area (Å²) < 4.78 is 52.6. The smallest absolute Gasteiger partial charge is 0.225 e. The summed E-state index contributed by atoms with van der Waals surface area (Å²) in [5, 5.41) is 39.7. The quantitative estimate of drug-likeness (QED) is 0.0666. The number of anilines is 4. The lowest BCUT2D eigenvalue weighted by molar-refractivity contribution is 0.230. The zero-order valence-corrected chi connectivity index (χ0v) is 53.5. The van der Waals surface area contributed by atoms with E-state index in [0.717, 1.165) is 121 Å². The minimum absolute atomic E-state index is 0. The second kappa shape index (κ2) is 34.4. The van der Waals surface area contributed by atoms with Crippen LogP contribution < -0.4 is 19.6 Å². The number of nitrogens with zero attached hydrogens (tertiary/aromatic N) is 12. The molecule has 0 aliphatic carbocycles. The van der Waals surface area contributed by atoms with Crippen molar-refractivity contribution in [2.45, 2.75) is 141 Å². The molecular formula is C74H96F4N12O4. The molecule has 20 heteroatoms. The van der Waals surface area contributed by atoms with E-state index in [2.05, 4.69) is 59.5 Å². The van der Waals surface area contributed by atoms with E-state index in [1.165, 1.54) is 126 Å². The summed E-state index contributed by atoms with van der Waals surface area (Å²) >= 11 is 0. The van der Waals surface area contributed by atoms with Gasteiger partial charge >= 0.3 is 0 Å². The Balaban J connectivity index is 0.000000176.